The second-order valence-corrected chi connectivity index (χ2v) is 10.3. The summed E-state index contributed by atoms with van der Waals surface area (Å²) in [6.07, 6.45) is -0.997. The first kappa shape index (κ1) is 25.0. The predicted octanol–water partition coefficient (Wildman–Crippen LogP) is 6.99. The molecular formula is C29H27NO5S. The van der Waals surface area contributed by atoms with E-state index in [1.807, 2.05) is 50.2 Å². The van der Waals surface area contributed by atoms with E-state index >= 15 is 0 Å². The summed E-state index contributed by atoms with van der Waals surface area (Å²) in [5.74, 6) is 1.68. The minimum Gasteiger partial charge on any atom is -0.457 e. The lowest BCUT2D eigenvalue weighted by Crippen LogP contribution is -2.38. The molecule has 0 atom stereocenters. The Kier molecular flexibility index (Phi) is 7.71. The van der Waals surface area contributed by atoms with Crippen LogP contribution in [0.2, 0.25) is 0 Å². The summed E-state index contributed by atoms with van der Waals surface area (Å²) < 4.78 is 39.0. The van der Waals surface area contributed by atoms with Crippen molar-refractivity contribution in [2.45, 2.75) is 31.2 Å². The third-order valence-electron chi connectivity index (χ3n) is 5.52. The molecule has 0 saturated heterocycles. The summed E-state index contributed by atoms with van der Waals surface area (Å²) in [6, 6.07) is 31.2. The normalized spacial score (nSPS) is 11.2. The van der Waals surface area contributed by atoms with Gasteiger partial charge in [0.15, 0.2) is 0 Å². The maximum atomic E-state index is 13.5. The van der Waals surface area contributed by atoms with Crippen molar-refractivity contribution >= 4 is 16.1 Å². The number of hydrogen-bond acceptors (Lipinski definition) is 5. The van der Waals surface area contributed by atoms with Gasteiger partial charge in [0.1, 0.15) is 17.2 Å². The Morgan fingerprint density at radius 3 is 1.83 bits per heavy atom. The van der Waals surface area contributed by atoms with Gasteiger partial charge in [0, 0.05) is 0 Å². The van der Waals surface area contributed by atoms with Gasteiger partial charge in [-0.2, -0.15) is 4.31 Å². The number of hydrogen-bond donors (Lipinski definition) is 0. The highest BCUT2D eigenvalue weighted by molar-refractivity contribution is 7.89. The van der Waals surface area contributed by atoms with E-state index in [2.05, 4.69) is 0 Å². The number of sulfonamides is 1. The third-order valence-corrected chi connectivity index (χ3v) is 7.24. The number of ether oxygens (including phenoxy) is 2. The molecule has 4 aromatic rings. The van der Waals surface area contributed by atoms with Gasteiger partial charge in [-0.15, -0.1) is 0 Å². The standard InChI is InChI=1S/C29H27NO5S/c1-22(2)24-13-19-28(20-14-24)36(32,33)30(21-23-9-5-3-6-10-23)29(31)35-27-17-15-26(16-18-27)34-25-11-7-4-8-12-25/h3-20,22H,21H2,1-2H3. The zero-order chi connectivity index (χ0) is 25.5. The van der Waals surface area contributed by atoms with Crippen LogP contribution in [0.1, 0.15) is 30.9 Å². The van der Waals surface area contributed by atoms with Gasteiger partial charge < -0.3 is 9.47 Å². The van der Waals surface area contributed by atoms with Gasteiger partial charge in [0.25, 0.3) is 10.0 Å². The van der Waals surface area contributed by atoms with Crippen molar-refractivity contribution in [3.05, 3.63) is 120 Å². The molecule has 0 aliphatic heterocycles. The molecule has 0 radical (unpaired) electrons. The predicted molar refractivity (Wildman–Crippen MR) is 139 cm³/mol. The van der Waals surface area contributed by atoms with Crippen LogP contribution in [-0.4, -0.2) is 18.8 Å². The van der Waals surface area contributed by atoms with Crippen molar-refractivity contribution in [3.63, 3.8) is 0 Å². The van der Waals surface area contributed by atoms with Crippen molar-refractivity contribution in [1.82, 2.24) is 4.31 Å². The highest BCUT2D eigenvalue weighted by Gasteiger charge is 2.31. The van der Waals surface area contributed by atoms with Crippen molar-refractivity contribution < 1.29 is 22.7 Å². The molecule has 6 nitrogen and oxygen atoms in total. The smallest absolute Gasteiger partial charge is 0.429 e. The van der Waals surface area contributed by atoms with Crippen molar-refractivity contribution in [3.8, 4) is 17.2 Å². The average Bonchev–Trinajstić information content (AvgIpc) is 2.89. The van der Waals surface area contributed by atoms with Crippen LogP contribution in [0.15, 0.2) is 114 Å². The van der Waals surface area contributed by atoms with Gasteiger partial charge in [-0.1, -0.05) is 74.5 Å². The zero-order valence-corrected chi connectivity index (χ0v) is 20.9. The van der Waals surface area contributed by atoms with Gasteiger partial charge in [-0.25, -0.2) is 13.2 Å². The van der Waals surface area contributed by atoms with E-state index in [4.69, 9.17) is 9.47 Å². The molecule has 7 heteroatoms. The number of benzene rings is 4. The number of nitrogens with zero attached hydrogens (tertiary/aromatic N) is 1. The van der Waals surface area contributed by atoms with Crippen molar-refractivity contribution in [2.75, 3.05) is 0 Å². The summed E-state index contributed by atoms with van der Waals surface area (Å²) in [6.45, 7) is 3.89. The number of amides is 1. The Morgan fingerprint density at radius 1 is 0.722 bits per heavy atom. The molecule has 0 aliphatic carbocycles. The molecule has 4 rings (SSSR count). The Labute approximate surface area is 211 Å². The average molecular weight is 502 g/mol. The highest BCUT2D eigenvalue weighted by Crippen LogP contribution is 2.26. The molecule has 0 heterocycles. The van der Waals surface area contributed by atoms with E-state index in [9.17, 15) is 13.2 Å². The Bertz CT molecular complexity index is 1390. The van der Waals surface area contributed by atoms with Crippen LogP contribution in [0.5, 0.6) is 17.2 Å². The fourth-order valence-corrected chi connectivity index (χ4v) is 4.79. The van der Waals surface area contributed by atoms with Gasteiger partial charge in [-0.05, 0) is 65.6 Å². The van der Waals surface area contributed by atoms with Crippen molar-refractivity contribution in [1.29, 1.82) is 0 Å². The molecule has 0 spiro atoms. The van der Waals surface area contributed by atoms with E-state index in [-0.39, 0.29) is 23.1 Å². The zero-order valence-electron chi connectivity index (χ0n) is 20.1. The number of para-hydroxylation sites is 1. The largest absolute Gasteiger partial charge is 0.457 e. The van der Waals surface area contributed by atoms with E-state index in [0.717, 1.165) is 9.87 Å². The summed E-state index contributed by atoms with van der Waals surface area (Å²) in [5.41, 5.74) is 1.66. The molecule has 36 heavy (non-hydrogen) atoms. The molecule has 0 aliphatic rings. The Hall–Kier alpha value is -4.10. The summed E-state index contributed by atoms with van der Waals surface area (Å²) >= 11 is 0. The van der Waals surface area contributed by atoms with Gasteiger partial charge in [0.2, 0.25) is 0 Å². The maximum absolute atomic E-state index is 13.5. The van der Waals surface area contributed by atoms with Gasteiger partial charge in [0.05, 0.1) is 11.4 Å². The topological polar surface area (TPSA) is 72.9 Å². The molecule has 0 aromatic heterocycles. The van der Waals surface area contributed by atoms with Crippen LogP contribution in [0.4, 0.5) is 4.79 Å². The molecule has 4 aromatic carbocycles. The fraction of sp³-hybridized carbons (Fsp3) is 0.138. The lowest BCUT2D eigenvalue weighted by atomic mass is 10.0. The minimum atomic E-state index is -4.18. The van der Waals surface area contributed by atoms with Crippen LogP contribution in [-0.2, 0) is 16.6 Å². The number of carbonyl (C=O) groups excluding carboxylic acids is 1. The highest BCUT2D eigenvalue weighted by atomic mass is 32.2. The van der Waals surface area contributed by atoms with E-state index in [0.29, 0.717) is 17.1 Å². The Balaban J connectivity index is 1.56. The minimum absolute atomic E-state index is 0.0198. The molecular weight excluding hydrogens is 474 g/mol. The second-order valence-electron chi connectivity index (χ2n) is 8.48. The first-order chi connectivity index (χ1) is 17.3. The second kappa shape index (κ2) is 11.1. The summed E-state index contributed by atoms with van der Waals surface area (Å²) in [4.78, 5) is 13.2. The summed E-state index contributed by atoms with van der Waals surface area (Å²) in [7, 11) is -4.18. The first-order valence-corrected chi connectivity index (χ1v) is 13.0. The van der Waals surface area contributed by atoms with Crippen LogP contribution in [0, 0.1) is 0 Å². The van der Waals surface area contributed by atoms with E-state index in [1.165, 1.54) is 12.1 Å². The van der Waals surface area contributed by atoms with Crippen LogP contribution in [0.3, 0.4) is 0 Å². The molecule has 1 amide bonds. The SMILES string of the molecule is CC(C)c1ccc(S(=O)(=O)N(Cc2ccccc2)C(=O)Oc2ccc(Oc3ccccc3)cc2)cc1. The van der Waals surface area contributed by atoms with Crippen LogP contribution >= 0.6 is 0 Å². The van der Waals surface area contributed by atoms with Gasteiger partial charge >= 0.3 is 6.09 Å². The maximum Gasteiger partial charge on any atom is 0.429 e. The quantitative estimate of drug-likeness (QED) is 0.260. The number of rotatable bonds is 8. The molecule has 0 unspecified atom stereocenters. The molecule has 0 N–H and O–H groups in total. The van der Waals surface area contributed by atoms with Crippen molar-refractivity contribution in [2.24, 2.45) is 0 Å². The molecule has 0 saturated carbocycles. The molecule has 184 valence electrons. The summed E-state index contributed by atoms with van der Waals surface area (Å²) in [5, 5.41) is 0. The molecule has 0 fully saturated rings. The van der Waals surface area contributed by atoms with E-state index < -0.39 is 16.1 Å². The van der Waals surface area contributed by atoms with Crippen LogP contribution in [0.25, 0.3) is 0 Å². The van der Waals surface area contributed by atoms with E-state index in [1.54, 1.807) is 60.7 Å². The third kappa shape index (κ3) is 6.12. The lowest BCUT2D eigenvalue weighted by molar-refractivity contribution is 0.177. The van der Waals surface area contributed by atoms with Crippen LogP contribution < -0.4 is 9.47 Å². The lowest BCUT2D eigenvalue weighted by Gasteiger charge is -2.22. The number of carbonyl (C=O) groups is 1. The first-order valence-electron chi connectivity index (χ1n) is 11.5. The van der Waals surface area contributed by atoms with Gasteiger partial charge in [-0.3, -0.25) is 0 Å². The fourth-order valence-electron chi connectivity index (χ4n) is 3.50. The Morgan fingerprint density at radius 2 is 1.25 bits per heavy atom. The monoisotopic (exact) mass is 501 g/mol. The molecule has 0 bridgehead atoms.